The van der Waals surface area contributed by atoms with Gasteiger partial charge in [0.2, 0.25) is 0 Å². The molecule has 1 unspecified atom stereocenters. The maximum Gasteiger partial charge on any atom is 0.297 e. The van der Waals surface area contributed by atoms with Crippen molar-refractivity contribution in [2.45, 2.75) is 0 Å². The maximum atomic E-state index is 10.2. The number of rotatable bonds is 0. The van der Waals surface area contributed by atoms with Crippen LogP contribution in [0, 0.1) is 4.78 Å². The molecular weight excluding hydrogens is 112 g/mol. The van der Waals surface area contributed by atoms with Gasteiger partial charge in [0.1, 0.15) is 0 Å². The number of carbonyl (C=O) groups is 1. The van der Waals surface area contributed by atoms with Gasteiger partial charge in [0.25, 0.3) is 5.24 Å². The first-order chi connectivity index (χ1) is 3.30. The number of hydrogen-bond acceptors (Lipinski definition) is 2. The summed E-state index contributed by atoms with van der Waals surface area (Å²) in [4.78, 5) is 10.2. The Labute approximate surface area is 43.3 Å². The van der Waals surface area contributed by atoms with Gasteiger partial charge in [-0.05, 0) is 0 Å². The third-order valence-electron chi connectivity index (χ3n) is 0.605. The lowest BCUT2D eigenvalue weighted by Crippen LogP contribution is -2.10. The van der Waals surface area contributed by atoms with Crippen LogP contribution in [0.1, 0.15) is 0 Å². The number of hydrogen-bond donors (Lipinski definition) is 2. The average molecular weight is 116 g/mol. The molecule has 1 rings (SSSR count). The Balaban J connectivity index is 2.81. The van der Waals surface area contributed by atoms with Crippen molar-refractivity contribution in [1.29, 1.82) is 4.78 Å². The van der Waals surface area contributed by atoms with E-state index in [1.165, 1.54) is 11.6 Å². The Hall–Kier alpha value is -0.640. The molecule has 7 heavy (non-hydrogen) atoms. The number of nitrogens with one attached hydrogen (secondary N) is 2. The van der Waals surface area contributed by atoms with E-state index in [2.05, 4.69) is 5.32 Å². The molecule has 1 aliphatic rings. The molecule has 4 heteroatoms. The minimum atomic E-state index is -0.898. The van der Waals surface area contributed by atoms with Crippen molar-refractivity contribution in [3.63, 3.8) is 0 Å². The van der Waals surface area contributed by atoms with E-state index in [0.29, 0.717) is 0 Å². The zero-order valence-corrected chi connectivity index (χ0v) is 4.29. The van der Waals surface area contributed by atoms with Gasteiger partial charge in [0.05, 0.1) is 0 Å². The first-order valence-electron chi connectivity index (χ1n) is 1.72. The van der Waals surface area contributed by atoms with Crippen molar-refractivity contribution in [3.05, 3.63) is 11.6 Å². The van der Waals surface area contributed by atoms with Gasteiger partial charge in [-0.2, -0.15) is 0 Å². The van der Waals surface area contributed by atoms with E-state index in [1.54, 1.807) is 0 Å². The molecule has 0 aromatic heterocycles. The fourth-order valence-corrected chi connectivity index (χ4v) is 0.818. The summed E-state index contributed by atoms with van der Waals surface area (Å²) in [5, 5.41) is 3.70. The highest BCUT2D eigenvalue weighted by molar-refractivity contribution is 8.04. The van der Waals surface area contributed by atoms with Crippen LogP contribution in [-0.2, 0) is 10.7 Å². The van der Waals surface area contributed by atoms with Gasteiger partial charge in [-0.1, -0.05) is 0 Å². The highest BCUT2D eigenvalue weighted by Gasteiger charge is 2.05. The Morgan fingerprint density at radius 2 is 2.57 bits per heavy atom. The zero-order valence-electron chi connectivity index (χ0n) is 3.47. The summed E-state index contributed by atoms with van der Waals surface area (Å²) in [5.41, 5.74) is 0. The van der Waals surface area contributed by atoms with Crippen LogP contribution in [0.3, 0.4) is 0 Å². The van der Waals surface area contributed by atoms with E-state index in [9.17, 15) is 4.79 Å². The summed E-state index contributed by atoms with van der Waals surface area (Å²) in [7, 11) is -0.898. The summed E-state index contributed by atoms with van der Waals surface area (Å²) in [5.74, 6) is 0. The molecule has 0 saturated carbocycles. The molecule has 0 spiro atoms. The smallest absolute Gasteiger partial charge is 0.297 e. The molecule has 1 amide bonds. The van der Waals surface area contributed by atoms with Crippen LogP contribution in [0.25, 0.3) is 0 Å². The Morgan fingerprint density at radius 3 is 2.71 bits per heavy atom. The van der Waals surface area contributed by atoms with E-state index in [0.717, 1.165) is 0 Å². The van der Waals surface area contributed by atoms with Crippen molar-refractivity contribution in [2.75, 3.05) is 0 Å². The highest BCUT2D eigenvalue weighted by atomic mass is 32.2. The predicted molar refractivity (Wildman–Crippen MR) is 27.8 cm³/mol. The summed E-state index contributed by atoms with van der Waals surface area (Å²) in [6, 6.07) is 0. The molecule has 0 aromatic carbocycles. The Bertz CT molecular complexity index is 151. The summed E-state index contributed by atoms with van der Waals surface area (Å²) in [6.07, 6.45) is 1.50. The summed E-state index contributed by atoms with van der Waals surface area (Å²) >= 11 is 0. The van der Waals surface area contributed by atoms with Gasteiger partial charge in [-0.25, -0.2) is 0 Å². The maximum absolute atomic E-state index is 10.2. The molecule has 0 aromatic rings. The van der Waals surface area contributed by atoms with Gasteiger partial charge in [-0.3, -0.25) is 9.57 Å². The van der Waals surface area contributed by atoms with E-state index in [1.807, 2.05) is 0 Å². The van der Waals surface area contributed by atoms with Crippen molar-refractivity contribution in [1.82, 2.24) is 5.32 Å². The Morgan fingerprint density at radius 1 is 1.86 bits per heavy atom. The molecule has 0 fully saturated rings. The van der Waals surface area contributed by atoms with Crippen LogP contribution in [-0.4, -0.2) is 5.24 Å². The molecular formula is C3H4N2OS. The minimum Gasteiger partial charge on any atom is -0.322 e. The van der Waals surface area contributed by atoms with E-state index < -0.39 is 10.7 Å². The molecule has 0 saturated heterocycles. The summed E-state index contributed by atoms with van der Waals surface area (Å²) in [6.45, 7) is 0. The molecule has 0 radical (unpaired) electrons. The quantitative estimate of drug-likeness (QED) is 0.477. The lowest BCUT2D eigenvalue weighted by Gasteiger charge is -1.82. The van der Waals surface area contributed by atoms with Crippen molar-refractivity contribution in [2.24, 2.45) is 0 Å². The van der Waals surface area contributed by atoms with Gasteiger partial charge >= 0.3 is 0 Å². The van der Waals surface area contributed by atoms with E-state index in [4.69, 9.17) is 4.78 Å². The molecule has 3 nitrogen and oxygen atoms in total. The molecule has 38 valence electrons. The van der Waals surface area contributed by atoms with Crippen LogP contribution in [0.2, 0.25) is 0 Å². The lowest BCUT2D eigenvalue weighted by molar-refractivity contribution is 0.263. The second-order valence-corrected chi connectivity index (χ2v) is 2.39. The second kappa shape index (κ2) is 1.46. The van der Waals surface area contributed by atoms with E-state index in [-0.39, 0.29) is 5.24 Å². The molecule has 1 heterocycles. The predicted octanol–water partition coefficient (Wildman–Crippen LogP) is 0.561. The van der Waals surface area contributed by atoms with Crippen LogP contribution < -0.4 is 5.32 Å². The second-order valence-electron chi connectivity index (χ2n) is 1.07. The summed E-state index contributed by atoms with van der Waals surface area (Å²) < 4.78 is 6.87. The molecule has 1 aliphatic heterocycles. The lowest BCUT2D eigenvalue weighted by atomic mass is 11.0. The van der Waals surface area contributed by atoms with Gasteiger partial charge < -0.3 is 5.32 Å². The van der Waals surface area contributed by atoms with E-state index >= 15 is 0 Å². The molecule has 2 N–H and O–H groups in total. The third-order valence-corrected chi connectivity index (χ3v) is 1.53. The standard InChI is InChI=1S/C3H4N2OS/c4-7-2-1-5-3(7)6/h1-2,4H,(H,5,6). The van der Waals surface area contributed by atoms with Crippen LogP contribution >= 0.6 is 0 Å². The number of carbonyl (C=O) groups excluding carboxylic acids is 1. The average Bonchev–Trinajstić information content (AvgIpc) is 1.91. The first kappa shape index (κ1) is 4.52. The normalized spacial score (nSPS) is 28.0. The fraction of sp³-hybridized carbons (Fsp3) is 0. The molecule has 0 bridgehead atoms. The molecule has 0 aliphatic carbocycles. The van der Waals surface area contributed by atoms with Gasteiger partial charge in [0, 0.05) is 22.3 Å². The van der Waals surface area contributed by atoms with Gasteiger partial charge in [0.15, 0.2) is 0 Å². The van der Waals surface area contributed by atoms with Crippen LogP contribution in [0.5, 0.6) is 0 Å². The van der Waals surface area contributed by atoms with Crippen molar-refractivity contribution < 1.29 is 4.79 Å². The Kier molecular flexibility index (Phi) is 0.941. The van der Waals surface area contributed by atoms with Crippen LogP contribution in [0.4, 0.5) is 4.79 Å². The SMILES string of the molecule is N=S1C=CNC1=O. The number of amides is 1. The highest BCUT2D eigenvalue weighted by Crippen LogP contribution is 1.93. The minimum absolute atomic E-state index is 0.208. The zero-order chi connectivity index (χ0) is 5.28. The topological polar surface area (TPSA) is 53.0 Å². The fourth-order valence-electron chi connectivity index (χ4n) is 0.295. The largest absolute Gasteiger partial charge is 0.322 e. The van der Waals surface area contributed by atoms with Crippen LogP contribution in [0.15, 0.2) is 11.6 Å². The molecule has 1 atom stereocenters. The van der Waals surface area contributed by atoms with Gasteiger partial charge in [-0.15, -0.1) is 0 Å². The first-order valence-corrected chi connectivity index (χ1v) is 3.01. The third kappa shape index (κ3) is 0.691. The van der Waals surface area contributed by atoms with Crippen molar-refractivity contribution >= 4 is 15.9 Å². The van der Waals surface area contributed by atoms with Crippen molar-refractivity contribution in [3.8, 4) is 0 Å². The monoisotopic (exact) mass is 116 g/mol.